The molecule has 0 fully saturated rings. The van der Waals surface area contributed by atoms with Crippen molar-refractivity contribution in [3.05, 3.63) is 71.3 Å². The van der Waals surface area contributed by atoms with Crippen LogP contribution in [0.3, 0.4) is 0 Å². The van der Waals surface area contributed by atoms with E-state index in [-0.39, 0.29) is 5.41 Å². The van der Waals surface area contributed by atoms with E-state index in [4.69, 9.17) is 0 Å². The summed E-state index contributed by atoms with van der Waals surface area (Å²) < 4.78 is 0. The van der Waals surface area contributed by atoms with E-state index in [2.05, 4.69) is 39.0 Å². The van der Waals surface area contributed by atoms with Crippen molar-refractivity contribution in [2.24, 2.45) is 5.41 Å². The lowest BCUT2D eigenvalue weighted by Gasteiger charge is -2.30. The molecule has 1 aliphatic rings. The van der Waals surface area contributed by atoms with E-state index in [1.165, 1.54) is 5.56 Å². The molecular formula is C19H22O. The molecule has 1 heteroatoms. The van der Waals surface area contributed by atoms with Gasteiger partial charge in [0, 0.05) is 0 Å². The summed E-state index contributed by atoms with van der Waals surface area (Å²) in [5, 5.41) is 11.3. The summed E-state index contributed by atoms with van der Waals surface area (Å²) in [5.41, 5.74) is 2.67. The highest BCUT2D eigenvalue weighted by Crippen LogP contribution is 2.54. The molecule has 0 spiro atoms. The molecule has 2 unspecified atom stereocenters. The Balaban J connectivity index is 2.17. The van der Waals surface area contributed by atoms with Crippen LogP contribution in [0.4, 0.5) is 0 Å². The molecule has 1 nitrogen and oxygen atoms in total. The fourth-order valence-electron chi connectivity index (χ4n) is 3.45. The molecule has 0 bridgehead atoms. The molecule has 1 N–H and O–H groups in total. The van der Waals surface area contributed by atoms with Crippen LogP contribution in [0.2, 0.25) is 0 Å². The van der Waals surface area contributed by atoms with Crippen molar-refractivity contribution in [3.63, 3.8) is 0 Å². The summed E-state index contributed by atoms with van der Waals surface area (Å²) in [7, 11) is 0. The first-order chi connectivity index (χ1) is 9.43. The average molecular weight is 266 g/mol. The van der Waals surface area contributed by atoms with Gasteiger partial charge in [-0.3, -0.25) is 0 Å². The van der Waals surface area contributed by atoms with Crippen LogP contribution in [0, 0.1) is 5.41 Å². The van der Waals surface area contributed by atoms with E-state index in [9.17, 15) is 5.11 Å². The van der Waals surface area contributed by atoms with Crippen molar-refractivity contribution in [1.82, 2.24) is 0 Å². The Morgan fingerprint density at radius 1 is 0.950 bits per heavy atom. The highest BCUT2D eigenvalue weighted by atomic mass is 16.3. The maximum absolute atomic E-state index is 11.3. The topological polar surface area (TPSA) is 20.2 Å². The molecule has 0 aromatic heterocycles. The molecule has 2 aromatic carbocycles. The van der Waals surface area contributed by atoms with Gasteiger partial charge in [-0.25, -0.2) is 0 Å². The predicted octanol–water partition coefficient (Wildman–Crippen LogP) is 4.46. The standard InChI is InChI=1S/C19H22O/c1-18(2,3)17-13-19(20,14-9-5-4-6-10-14)16-12-8-7-11-15(16)17/h4-12,17,20H,13H2,1-3H3. The SMILES string of the molecule is CC(C)(C)C1CC(O)(c2ccccc2)c2ccccc21. The number of benzene rings is 2. The molecule has 0 saturated heterocycles. The van der Waals surface area contributed by atoms with E-state index < -0.39 is 5.60 Å². The Morgan fingerprint density at radius 2 is 1.55 bits per heavy atom. The van der Waals surface area contributed by atoms with Crippen LogP contribution in [-0.4, -0.2) is 5.11 Å². The number of rotatable bonds is 1. The normalized spacial score (nSPS) is 25.5. The van der Waals surface area contributed by atoms with Gasteiger partial charge in [-0.15, -0.1) is 0 Å². The molecule has 0 amide bonds. The number of fused-ring (bicyclic) bond motifs is 1. The summed E-state index contributed by atoms with van der Waals surface area (Å²) in [6, 6.07) is 18.4. The fourth-order valence-corrected chi connectivity index (χ4v) is 3.45. The molecule has 20 heavy (non-hydrogen) atoms. The van der Waals surface area contributed by atoms with Gasteiger partial charge in [0.25, 0.3) is 0 Å². The molecule has 0 saturated carbocycles. The zero-order valence-electron chi connectivity index (χ0n) is 12.4. The van der Waals surface area contributed by atoms with Crippen LogP contribution in [-0.2, 0) is 5.60 Å². The minimum atomic E-state index is -0.851. The highest BCUT2D eigenvalue weighted by molar-refractivity contribution is 5.48. The third-order valence-corrected chi connectivity index (χ3v) is 4.58. The lowest BCUT2D eigenvalue weighted by atomic mass is 9.76. The minimum absolute atomic E-state index is 0.148. The molecule has 2 atom stereocenters. The smallest absolute Gasteiger partial charge is 0.115 e. The third-order valence-electron chi connectivity index (χ3n) is 4.58. The van der Waals surface area contributed by atoms with Crippen LogP contribution in [0.1, 0.15) is 49.8 Å². The van der Waals surface area contributed by atoms with E-state index >= 15 is 0 Å². The molecule has 0 radical (unpaired) electrons. The molecular weight excluding hydrogens is 244 g/mol. The predicted molar refractivity (Wildman–Crippen MR) is 82.7 cm³/mol. The first-order valence-corrected chi connectivity index (χ1v) is 7.30. The quantitative estimate of drug-likeness (QED) is 0.808. The van der Waals surface area contributed by atoms with Crippen molar-refractivity contribution in [2.45, 2.75) is 38.7 Å². The third kappa shape index (κ3) is 1.97. The van der Waals surface area contributed by atoms with Crippen molar-refractivity contribution in [1.29, 1.82) is 0 Å². The Bertz CT molecular complexity index is 609. The zero-order valence-corrected chi connectivity index (χ0v) is 12.4. The Morgan fingerprint density at radius 3 is 2.20 bits per heavy atom. The van der Waals surface area contributed by atoms with Crippen molar-refractivity contribution in [2.75, 3.05) is 0 Å². The highest BCUT2D eigenvalue weighted by Gasteiger charge is 2.46. The second-order valence-electron chi connectivity index (χ2n) is 6.94. The lowest BCUT2D eigenvalue weighted by Crippen LogP contribution is -2.26. The Labute approximate surface area is 121 Å². The summed E-state index contributed by atoms with van der Waals surface area (Å²) >= 11 is 0. The first kappa shape index (κ1) is 13.4. The Kier molecular flexibility index (Phi) is 2.98. The van der Waals surface area contributed by atoms with Gasteiger partial charge >= 0.3 is 0 Å². The number of aliphatic hydroxyl groups is 1. The monoisotopic (exact) mass is 266 g/mol. The van der Waals surface area contributed by atoms with Gasteiger partial charge in [0.1, 0.15) is 5.60 Å². The van der Waals surface area contributed by atoms with E-state index in [1.54, 1.807) is 0 Å². The first-order valence-electron chi connectivity index (χ1n) is 7.30. The van der Waals surface area contributed by atoms with Gasteiger partial charge in [0.2, 0.25) is 0 Å². The van der Waals surface area contributed by atoms with Crippen LogP contribution >= 0.6 is 0 Å². The van der Waals surface area contributed by atoms with E-state index in [1.807, 2.05) is 36.4 Å². The van der Waals surface area contributed by atoms with Gasteiger partial charge in [-0.1, -0.05) is 75.4 Å². The largest absolute Gasteiger partial charge is 0.380 e. The molecule has 2 aromatic rings. The van der Waals surface area contributed by atoms with Crippen LogP contribution in [0.5, 0.6) is 0 Å². The second kappa shape index (κ2) is 4.46. The van der Waals surface area contributed by atoms with Gasteiger partial charge in [0.05, 0.1) is 0 Å². The van der Waals surface area contributed by atoms with Gasteiger partial charge < -0.3 is 5.11 Å². The molecule has 0 aliphatic heterocycles. The van der Waals surface area contributed by atoms with Crippen molar-refractivity contribution < 1.29 is 5.11 Å². The molecule has 0 heterocycles. The van der Waals surface area contributed by atoms with E-state index in [0.29, 0.717) is 5.92 Å². The summed E-state index contributed by atoms with van der Waals surface area (Å²) in [5.74, 6) is 0.379. The maximum atomic E-state index is 11.3. The van der Waals surface area contributed by atoms with Crippen LogP contribution in [0.25, 0.3) is 0 Å². The summed E-state index contributed by atoms with van der Waals surface area (Å²) in [4.78, 5) is 0. The summed E-state index contributed by atoms with van der Waals surface area (Å²) in [6.45, 7) is 6.77. The lowest BCUT2D eigenvalue weighted by molar-refractivity contribution is 0.0661. The molecule has 3 rings (SSSR count). The van der Waals surface area contributed by atoms with Crippen molar-refractivity contribution in [3.8, 4) is 0 Å². The van der Waals surface area contributed by atoms with Gasteiger partial charge in [-0.2, -0.15) is 0 Å². The van der Waals surface area contributed by atoms with Crippen LogP contribution in [0.15, 0.2) is 54.6 Å². The fraction of sp³-hybridized carbons (Fsp3) is 0.368. The van der Waals surface area contributed by atoms with Crippen molar-refractivity contribution >= 4 is 0 Å². The number of hydrogen-bond acceptors (Lipinski definition) is 1. The Hall–Kier alpha value is -1.60. The molecule has 104 valence electrons. The van der Waals surface area contributed by atoms with E-state index in [0.717, 1.165) is 17.5 Å². The second-order valence-corrected chi connectivity index (χ2v) is 6.94. The summed E-state index contributed by atoms with van der Waals surface area (Å²) in [6.07, 6.45) is 0.764. The maximum Gasteiger partial charge on any atom is 0.115 e. The van der Waals surface area contributed by atoms with Gasteiger partial charge in [0.15, 0.2) is 0 Å². The number of hydrogen-bond donors (Lipinski definition) is 1. The zero-order chi connectivity index (χ0) is 14.4. The average Bonchev–Trinajstić information content (AvgIpc) is 2.75. The van der Waals surface area contributed by atoms with Crippen LogP contribution < -0.4 is 0 Å². The minimum Gasteiger partial charge on any atom is -0.380 e. The van der Waals surface area contributed by atoms with Gasteiger partial charge in [-0.05, 0) is 34.4 Å². The molecule has 1 aliphatic carbocycles.